The van der Waals surface area contributed by atoms with Crippen molar-refractivity contribution >= 4 is 0 Å². The van der Waals surface area contributed by atoms with Gasteiger partial charge >= 0.3 is 5.69 Å². The zero-order valence-corrected chi connectivity index (χ0v) is 10.4. The zero-order chi connectivity index (χ0) is 13.2. The van der Waals surface area contributed by atoms with E-state index in [4.69, 9.17) is 14.2 Å². The minimum Gasteiger partial charge on any atom is -0.382 e. The number of nitrogens with zero attached hydrogens (tertiary/aromatic N) is 1. The molecule has 0 unspecified atom stereocenters. The van der Waals surface area contributed by atoms with Crippen LogP contribution in [-0.2, 0) is 20.8 Å². The second-order valence-electron chi connectivity index (χ2n) is 3.52. The van der Waals surface area contributed by atoms with Crippen LogP contribution in [0, 0.1) is 0 Å². The van der Waals surface area contributed by atoms with E-state index in [2.05, 4.69) is 4.98 Å². The van der Waals surface area contributed by atoms with Gasteiger partial charge in [0.2, 0.25) is 0 Å². The lowest BCUT2D eigenvalue weighted by Gasteiger charge is -2.06. The summed E-state index contributed by atoms with van der Waals surface area (Å²) in [6.45, 7) is 2.84. The third-order valence-electron chi connectivity index (χ3n) is 2.18. The van der Waals surface area contributed by atoms with Crippen molar-refractivity contribution in [3.8, 4) is 0 Å². The minimum atomic E-state index is -0.428. The van der Waals surface area contributed by atoms with Gasteiger partial charge in [0, 0.05) is 19.4 Å². The predicted octanol–water partition coefficient (Wildman–Crippen LogP) is -0.784. The molecule has 0 amide bonds. The van der Waals surface area contributed by atoms with Crippen LogP contribution in [0.5, 0.6) is 0 Å². The van der Waals surface area contributed by atoms with Gasteiger partial charge in [-0.15, -0.1) is 0 Å². The molecule has 7 heteroatoms. The van der Waals surface area contributed by atoms with Crippen LogP contribution in [0.1, 0.15) is 0 Å². The second kappa shape index (κ2) is 8.62. The number of H-pyrrole nitrogens is 1. The van der Waals surface area contributed by atoms with E-state index >= 15 is 0 Å². The maximum absolute atomic E-state index is 11.3. The first kappa shape index (κ1) is 14.6. The molecule has 0 atom stereocenters. The van der Waals surface area contributed by atoms with Crippen molar-refractivity contribution in [1.29, 1.82) is 0 Å². The van der Waals surface area contributed by atoms with Crippen molar-refractivity contribution in [2.75, 3.05) is 40.1 Å². The monoisotopic (exact) mass is 258 g/mol. The van der Waals surface area contributed by atoms with Gasteiger partial charge in [-0.2, -0.15) is 0 Å². The molecule has 0 aliphatic carbocycles. The number of methoxy groups -OCH3 is 1. The fourth-order valence-electron chi connectivity index (χ4n) is 1.25. The second-order valence-corrected chi connectivity index (χ2v) is 3.52. The number of rotatable bonds is 9. The lowest BCUT2D eigenvalue weighted by atomic mass is 10.6. The van der Waals surface area contributed by atoms with Gasteiger partial charge in [-0.3, -0.25) is 14.3 Å². The van der Waals surface area contributed by atoms with Crippen LogP contribution in [0.3, 0.4) is 0 Å². The van der Waals surface area contributed by atoms with E-state index in [-0.39, 0.29) is 0 Å². The molecule has 1 aromatic heterocycles. The van der Waals surface area contributed by atoms with Gasteiger partial charge in [0.25, 0.3) is 5.56 Å². The third-order valence-corrected chi connectivity index (χ3v) is 2.18. The summed E-state index contributed by atoms with van der Waals surface area (Å²) in [5.74, 6) is 0. The van der Waals surface area contributed by atoms with Gasteiger partial charge in [0.15, 0.2) is 0 Å². The van der Waals surface area contributed by atoms with Crippen molar-refractivity contribution in [2.24, 2.45) is 0 Å². The lowest BCUT2D eigenvalue weighted by Crippen LogP contribution is -2.29. The van der Waals surface area contributed by atoms with Crippen LogP contribution < -0.4 is 11.2 Å². The Morgan fingerprint density at radius 2 is 1.78 bits per heavy atom. The number of hydrogen-bond acceptors (Lipinski definition) is 5. The van der Waals surface area contributed by atoms with Crippen molar-refractivity contribution in [3.63, 3.8) is 0 Å². The first-order chi connectivity index (χ1) is 8.74. The van der Waals surface area contributed by atoms with Gasteiger partial charge in [-0.1, -0.05) is 0 Å². The average Bonchev–Trinajstić information content (AvgIpc) is 2.35. The van der Waals surface area contributed by atoms with E-state index in [0.717, 1.165) is 0 Å². The highest BCUT2D eigenvalue weighted by atomic mass is 16.5. The molecule has 0 radical (unpaired) electrons. The zero-order valence-electron chi connectivity index (χ0n) is 10.4. The first-order valence-electron chi connectivity index (χ1n) is 5.68. The van der Waals surface area contributed by atoms with Gasteiger partial charge in [0.1, 0.15) is 0 Å². The molecule has 0 aliphatic rings. The summed E-state index contributed by atoms with van der Waals surface area (Å²) in [6.07, 6.45) is 1.44. The van der Waals surface area contributed by atoms with E-state index in [0.29, 0.717) is 39.6 Å². The number of nitrogens with one attached hydrogen (secondary N) is 1. The molecule has 0 spiro atoms. The molecule has 0 saturated carbocycles. The van der Waals surface area contributed by atoms with Crippen LogP contribution in [-0.4, -0.2) is 49.7 Å². The SMILES string of the molecule is COCCOCCOCCn1ccc(=O)[nH]c1=O. The Kier molecular flexibility index (Phi) is 7.00. The lowest BCUT2D eigenvalue weighted by molar-refractivity contribution is 0.0228. The maximum Gasteiger partial charge on any atom is 0.328 e. The molecule has 1 aromatic rings. The quantitative estimate of drug-likeness (QED) is 0.587. The van der Waals surface area contributed by atoms with Crippen LogP contribution in [0.25, 0.3) is 0 Å². The van der Waals surface area contributed by atoms with Gasteiger partial charge < -0.3 is 14.2 Å². The molecule has 0 saturated heterocycles. The van der Waals surface area contributed by atoms with E-state index < -0.39 is 11.2 Å². The van der Waals surface area contributed by atoms with E-state index in [1.807, 2.05) is 0 Å². The molecule has 102 valence electrons. The standard InChI is InChI=1S/C11H18N2O5/c1-16-6-7-18-9-8-17-5-4-13-3-2-10(14)12-11(13)15/h2-3H,4-9H2,1H3,(H,12,14,15). The molecule has 0 aromatic carbocycles. The van der Waals surface area contributed by atoms with Crippen molar-refractivity contribution < 1.29 is 14.2 Å². The molecule has 1 N–H and O–H groups in total. The van der Waals surface area contributed by atoms with Gasteiger partial charge in [-0.25, -0.2) is 4.79 Å². The fourth-order valence-corrected chi connectivity index (χ4v) is 1.25. The summed E-state index contributed by atoms with van der Waals surface area (Å²) in [7, 11) is 1.61. The van der Waals surface area contributed by atoms with Gasteiger partial charge in [0.05, 0.1) is 39.6 Å². The Morgan fingerprint density at radius 1 is 1.11 bits per heavy atom. The molecular weight excluding hydrogens is 240 g/mol. The van der Waals surface area contributed by atoms with Crippen molar-refractivity contribution in [3.05, 3.63) is 33.1 Å². The summed E-state index contributed by atoms with van der Waals surface area (Å²) in [5.41, 5.74) is -0.828. The van der Waals surface area contributed by atoms with Crippen LogP contribution >= 0.6 is 0 Å². The number of ether oxygens (including phenoxy) is 3. The Morgan fingerprint density at radius 3 is 2.44 bits per heavy atom. The molecule has 1 heterocycles. The highest BCUT2D eigenvalue weighted by molar-refractivity contribution is 4.82. The Bertz CT molecular complexity index is 440. The largest absolute Gasteiger partial charge is 0.382 e. The van der Waals surface area contributed by atoms with E-state index in [1.54, 1.807) is 7.11 Å². The highest BCUT2D eigenvalue weighted by Crippen LogP contribution is 1.82. The third kappa shape index (κ3) is 5.76. The van der Waals surface area contributed by atoms with Crippen molar-refractivity contribution in [2.45, 2.75) is 6.54 Å². The molecule has 7 nitrogen and oxygen atoms in total. The first-order valence-corrected chi connectivity index (χ1v) is 5.68. The van der Waals surface area contributed by atoms with E-state index in [9.17, 15) is 9.59 Å². The average molecular weight is 258 g/mol. The predicted molar refractivity (Wildman–Crippen MR) is 64.8 cm³/mol. The maximum atomic E-state index is 11.3. The molecule has 0 fully saturated rings. The summed E-state index contributed by atoms with van der Waals surface area (Å²) < 4.78 is 16.7. The Balaban J connectivity index is 2.11. The Hall–Kier alpha value is -1.44. The smallest absolute Gasteiger partial charge is 0.328 e. The number of aromatic nitrogens is 2. The minimum absolute atomic E-state index is 0.388. The van der Waals surface area contributed by atoms with Crippen molar-refractivity contribution in [1.82, 2.24) is 9.55 Å². The summed E-state index contributed by atoms with van der Waals surface area (Å²) in [6, 6.07) is 1.30. The van der Waals surface area contributed by atoms with Gasteiger partial charge in [-0.05, 0) is 0 Å². The summed E-state index contributed by atoms with van der Waals surface area (Å²) in [4.78, 5) is 24.3. The fraction of sp³-hybridized carbons (Fsp3) is 0.636. The molecule has 0 bridgehead atoms. The molecule has 1 rings (SSSR count). The topological polar surface area (TPSA) is 82.6 Å². The Labute approximate surface area is 104 Å². The number of aromatic amines is 1. The molecular formula is C11H18N2O5. The number of hydrogen-bond donors (Lipinski definition) is 1. The molecule has 18 heavy (non-hydrogen) atoms. The molecule has 0 aliphatic heterocycles. The normalized spacial score (nSPS) is 10.7. The summed E-state index contributed by atoms with van der Waals surface area (Å²) in [5, 5.41) is 0. The van der Waals surface area contributed by atoms with E-state index in [1.165, 1.54) is 16.8 Å². The van der Waals surface area contributed by atoms with Crippen LogP contribution in [0.4, 0.5) is 0 Å². The summed E-state index contributed by atoms with van der Waals surface area (Å²) >= 11 is 0. The highest BCUT2D eigenvalue weighted by Gasteiger charge is 1.96. The van der Waals surface area contributed by atoms with Crippen LogP contribution in [0.2, 0.25) is 0 Å². The van der Waals surface area contributed by atoms with Crippen LogP contribution in [0.15, 0.2) is 21.9 Å².